The van der Waals surface area contributed by atoms with Crippen molar-refractivity contribution in [3.8, 4) is 0 Å². The molecule has 0 bridgehead atoms. The number of rotatable bonds is 5. The van der Waals surface area contributed by atoms with E-state index in [1.165, 1.54) is 0 Å². The summed E-state index contributed by atoms with van der Waals surface area (Å²) in [6.07, 6.45) is 2.66. The number of piperidine rings is 1. The molecule has 2 heterocycles. The van der Waals surface area contributed by atoms with Crippen LogP contribution in [0.1, 0.15) is 37.9 Å². The van der Waals surface area contributed by atoms with Gasteiger partial charge >= 0.3 is 0 Å². The first-order chi connectivity index (χ1) is 13.0. The first-order valence-electron chi connectivity index (χ1n) is 9.63. The molecule has 2 aliphatic heterocycles. The topological polar surface area (TPSA) is 66.0 Å². The summed E-state index contributed by atoms with van der Waals surface area (Å²) >= 11 is 5.99. The van der Waals surface area contributed by atoms with Gasteiger partial charge in [0.05, 0.1) is 6.54 Å². The second-order valence-electron chi connectivity index (χ2n) is 7.45. The smallest absolute Gasteiger partial charge is 0.220 e. The van der Waals surface area contributed by atoms with Gasteiger partial charge < -0.3 is 20.3 Å². The van der Waals surface area contributed by atoms with Crippen molar-refractivity contribution < 1.29 is 9.53 Å². The van der Waals surface area contributed by atoms with Gasteiger partial charge in [-0.15, -0.1) is 24.0 Å². The number of hydrogen-bond donors (Lipinski definition) is 2. The molecular weight excluding hydrogens is 491 g/mol. The number of ether oxygens (including phenoxy) is 1. The number of nitrogens with zero attached hydrogens (tertiary/aromatic N) is 2. The lowest BCUT2D eigenvalue weighted by Crippen LogP contribution is -2.51. The number of amides is 1. The number of hydrogen-bond acceptors (Lipinski definition) is 3. The van der Waals surface area contributed by atoms with Gasteiger partial charge in [-0.25, -0.2) is 0 Å². The quantitative estimate of drug-likeness (QED) is 0.356. The molecule has 2 aliphatic rings. The third-order valence-electron chi connectivity index (χ3n) is 5.43. The standard InChI is InChI=1S/C20H29ClN4O2.HI/c1-3-22-19(23-12-17(27-2)15-5-7-16(21)8-6-15)25-10-4-9-20(14-25)11-18(26)24-13-20;/h5-8,17H,3-4,9-14H2,1-2H3,(H,22,23)(H,24,26);1H. The molecule has 2 fully saturated rings. The minimum absolute atomic E-state index is 0. The highest BCUT2D eigenvalue weighted by atomic mass is 127. The third kappa shape index (κ3) is 5.73. The Labute approximate surface area is 189 Å². The van der Waals surface area contributed by atoms with E-state index < -0.39 is 0 Å². The molecular formula is C20H30ClIN4O2. The van der Waals surface area contributed by atoms with E-state index in [9.17, 15) is 4.79 Å². The molecule has 1 spiro atoms. The first kappa shape index (κ1) is 23.2. The predicted octanol–water partition coefficient (Wildman–Crippen LogP) is 3.21. The monoisotopic (exact) mass is 520 g/mol. The van der Waals surface area contributed by atoms with Crippen molar-refractivity contribution in [3.05, 3.63) is 34.9 Å². The predicted molar refractivity (Wildman–Crippen MR) is 123 cm³/mol. The summed E-state index contributed by atoms with van der Waals surface area (Å²) in [6, 6.07) is 7.70. The van der Waals surface area contributed by atoms with Crippen LogP contribution in [0.4, 0.5) is 0 Å². The SMILES string of the molecule is CCNC(=NCC(OC)c1ccc(Cl)cc1)N1CCCC2(CNC(=O)C2)C1.I. The number of nitrogens with one attached hydrogen (secondary N) is 2. The van der Waals surface area contributed by atoms with E-state index in [-0.39, 0.29) is 41.4 Å². The summed E-state index contributed by atoms with van der Waals surface area (Å²) in [4.78, 5) is 18.9. The zero-order chi connectivity index (χ0) is 19.3. The number of aliphatic imine (C=N–C) groups is 1. The van der Waals surface area contributed by atoms with Crippen LogP contribution in [0.3, 0.4) is 0 Å². The van der Waals surface area contributed by atoms with Crippen LogP contribution in [-0.4, -0.2) is 56.6 Å². The van der Waals surface area contributed by atoms with E-state index in [0.717, 1.165) is 50.5 Å². The highest BCUT2D eigenvalue weighted by Crippen LogP contribution is 2.36. The highest BCUT2D eigenvalue weighted by Gasteiger charge is 2.42. The number of methoxy groups -OCH3 is 1. The summed E-state index contributed by atoms with van der Waals surface area (Å²) in [5.74, 6) is 1.06. The number of halogens is 2. The molecule has 2 N–H and O–H groups in total. The summed E-state index contributed by atoms with van der Waals surface area (Å²) in [5.41, 5.74) is 1.10. The molecule has 0 aromatic heterocycles. The van der Waals surface area contributed by atoms with Crippen LogP contribution in [0.25, 0.3) is 0 Å². The first-order valence-corrected chi connectivity index (χ1v) is 10.0. The zero-order valence-electron chi connectivity index (χ0n) is 16.5. The van der Waals surface area contributed by atoms with Gasteiger partial charge in [0.25, 0.3) is 0 Å². The Balaban J connectivity index is 0.00000280. The van der Waals surface area contributed by atoms with Crippen LogP contribution in [0.2, 0.25) is 5.02 Å². The van der Waals surface area contributed by atoms with Gasteiger partial charge in [-0.2, -0.15) is 0 Å². The lowest BCUT2D eigenvalue weighted by Gasteiger charge is -2.41. The largest absolute Gasteiger partial charge is 0.375 e. The number of carbonyl (C=O) groups excluding carboxylic acids is 1. The molecule has 1 aromatic rings. The van der Waals surface area contributed by atoms with Crippen LogP contribution < -0.4 is 10.6 Å². The van der Waals surface area contributed by atoms with E-state index in [2.05, 4.69) is 22.5 Å². The number of likely N-dealkylation sites (tertiary alicyclic amines) is 1. The molecule has 3 rings (SSSR count). The fourth-order valence-corrected chi connectivity index (χ4v) is 4.14. The Hall–Kier alpha value is -1.06. The molecule has 2 atom stereocenters. The lowest BCUT2D eigenvalue weighted by molar-refractivity contribution is -0.119. The fraction of sp³-hybridized carbons (Fsp3) is 0.600. The van der Waals surface area contributed by atoms with Crippen LogP contribution >= 0.6 is 35.6 Å². The molecule has 0 aliphatic carbocycles. The molecule has 6 nitrogen and oxygen atoms in total. The lowest BCUT2D eigenvalue weighted by atomic mass is 9.79. The molecule has 1 amide bonds. The maximum atomic E-state index is 11.8. The van der Waals surface area contributed by atoms with Gasteiger partial charge in [0, 0.05) is 50.1 Å². The average Bonchev–Trinajstić information content (AvgIpc) is 3.02. The maximum absolute atomic E-state index is 11.8. The molecule has 8 heteroatoms. The second-order valence-corrected chi connectivity index (χ2v) is 7.89. The van der Waals surface area contributed by atoms with Gasteiger partial charge in [-0.3, -0.25) is 9.79 Å². The maximum Gasteiger partial charge on any atom is 0.220 e. The number of carbonyl (C=O) groups is 1. The van der Waals surface area contributed by atoms with E-state index in [1.54, 1.807) is 7.11 Å². The minimum Gasteiger partial charge on any atom is -0.375 e. The van der Waals surface area contributed by atoms with Gasteiger partial charge in [-0.05, 0) is 37.5 Å². The average molecular weight is 521 g/mol. The Morgan fingerprint density at radius 2 is 2.18 bits per heavy atom. The summed E-state index contributed by atoms with van der Waals surface area (Å²) in [5, 5.41) is 7.12. The molecule has 156 valence electrons. The summed E-state index contributed by atoms with van der Waals surface area (Å²) in [6.45, 7) is 5.99. The van der Waals surface area contributed by atoms with Gasteiger partial charge in [-0.1, -0.05) is 23.7 Å². The van der Waals surface area contributed by atoms with Crippen LogP contribution in [0, 0.1) is 5.41 Å². The van der Waals surface area contributed by atoms with Crippen LogP contribution in [-0.2, 0) is 9.53 Å². The van der Waals surface area contributed by atoms with Crippen molar-refractivity contribution in [1.82, 2.24) is 15.5 Å². The Morgan fingerprint density at radius 3 is 2.79 bits per heavy atom. The van der Waals surface area contributed by atoms with E-state index in [1.807, 2.05) is 24.3 Å². The van der Waals surface area contributed by atoms with Crippen molar-refractivity contribution in [2.24, 2.45) is 10.4 Å². The number of benzene rings is 1. The van der Waals surface area contributed by atoms with Crippen molar-refractivity contribution in [2.45, 2.75) is 32.3 Å². The normalized spacial score (nSPS) is 23.3. The molecule has 2 saturated heterocycles. The van der Waals surface area contributed by atoms with Crippen molar-refractivity contribution >= 4 is 47.4 Å². The third-order valence-corrected chi connectivity index (χ3v) is 5.68. The van der Waals surface area contributed by atoms with Crippen LogP contribution in [0.15, 0.2) is 29.3 Å². The Kier molecular flexibility index (Phi) is 8.82. The molecule has 1 aromatic carbocycles. The zero-order valence-corrected chi connectivity index (χ0v) is 19.6. The van der Waals surface area contributed by atoms with E-state index in [4.69, 9.17) is 21.3 Å². The summed E-state index contributed by atoms with van der Waals surface area (Å²) in [7, 11) is 1.70. The molecule has 2 unspecified atom stereocenters. The summed E-state index contributed by atoms with van der Waals surface area (Å²) < 4.78 is 5.65. The fourth-order valence-electron chi connectivity index (χ4n) is 4.02. The Bertz CT molecular complexity index is 685. The molecule has 28 heavy (non-hydrogen) atoms. The highest BCUT2D eigenvalue weighted by molar-refractivity contribution is 14.0. The Morgan fingerprint density at radius 1 is 1.43 bits per heavy atom. The second kappa shape index (κ2) is 10.6. The van der Waals surface area contributed by atoms with Gasteiger partial charge in [0.1, 0.15) is 6.10 Å². The van der Waals surface area contributed by atoms with Crippen molar-refractivity contribution in [1.29, 1.82) is 0 Å². The van der Waals surface area contributed by atoms with E-state index in [0.29, 0.717) is 18.0 Å². The van der Waals surface area contributed by atoms with Crippen molar-refractivity contribution in [3.63, 3.8) is 0 Å². The molecule has 0 radical (unpaired) electrons. The van der Waals surface area contributed by atoms with Gasteiger partial charge in [0.2, 0.25) is 5.91 Å². The van der Waals surface area contributed by atoms with Gasteiger partial charge in [0.15, 0.2) is 5.96 Å². The van der Waals surface area contributed by atoms with Crippen LogP contribution in [0.5, 0.6) is 0 Å². The minimum atomic E-state index is -0.121. The number of guanidine groups is 1. The van der Waals surface area contributed by atoms with E-state index >= 15 is 0 Å². The van der Waals surface area contributed by atoms with Crippen molar-refractivity contribution in [2.75, 3.05) is 39.8 Å². The molecule has 0 saturated carbocycles.